The Kier molecular flexibility index (Phi) is 16.7. The van der Waals surface area contributed by atoms with Crippen LogP contribution in [0.2, 0.25) is 0 Å². The fraction of sp³-hybridized carbons (Fsp3) is 0.684. The molecule has 306 valence electrons. The van der Waals surface area contributed by atoms with Gasteiger partial charge in [-0.25, -0.2) is 0 Å². The van der Waals surface area contributed by atoms with Crippen molar-refractivity contribution >= 4 is 70.7 Å². The van der Waals surface area contributed by atoms with Gasteiger partial charge >= 0.3 is 0 Å². The number of hydrogen-bond donors (Lipinski definition) is 4. The predicted molar refractivity (Wildman–Crippen MR) is 212 cm³/mol. The van der Waals surface area contributed by atoms with Crippen LogP contribution in [-0.2, 0) is 43.1 Å². The number of ether oxygens (including phenoxy) is 1. The highest BCUT2D eigenvalue weighted by molar-refractivity contribution is 8.04. The molecule has 0 aromatic rings. The predicted octanol–water partition coefficient (Wildman–Crippen LogP) is 1.50. The van der Waals surface area contributed by atoms with E-state index in [0.717, 1.165) is 22.6 Å². The third kappa shape index (κ3) is 14.5. The van der Waals surface area contributed by atoms with Gasteiger partial charge < -0.3 is 26.0 Å². The summed E-state index contributed by atoms with van der Waals surface area (Å²) in [6.45, 7) is 14.9. The van der Waals surface area contributed by atoms with E-state index in [-0.39, 0.29) is 72.7 Å². The van der Waals surface area contributed by atoms with Crippen LogP contribution in [0.5, 0.6) is 0 Å². The summed E-state index contributed by atoms with van der Waals surface area (Å²) in [5.41, 5.74) is -2.19. The summed E-state index contributed by atoms with van der Waals surface area (Å²) < 4.78 is 6.03. The Bertz CT molecular complexity index is 1500. The monoisotopic (exact) mass is 806 g/mol. The second-order valence-corrected chi connectivity index (χ2v) is 18.7. The maximum atomic E-state index is 13.6. The van der Waals surface area contributed by atoms with Crippen LogP contribution < -0.4 is 21.3 Å². The van der Waals surface area contributed by atoms with Gasteiger partial charge in [-0.15, -0.1) is 0 Å². The van der Waals surface area contributed by atoms with Gasteiger partial charge in [0.25, 0.3) is 23.6 Å². The lowest BCUT2D eigenvalue weighted by molar-refractivity contribution is -0.141. The Morgan fingerprint density at radius 1 is 0.745 bits per heavy atom. The second kappa shape index (κ2) is 20.1. The van der Waals surface area contributed by atoms with Crippen LogP contribution in [0.4, 0.5) is 0 Å². The molecule has 3 rings (SSSR count). The van der Waals surface area contributed by atoms with Crippen LogP contribution in [0, 0.1) is 5.41 Å². The molecule has 2 heterocycles. The Balaban J connectivity index is 1.60. The number of Topliss-reactive ketones (excluding diaryl/α,β-unsaturated/α-hetero) is 1. The lowest BCUT2D eigenvalue weighted by Crippen LogP contribution is -2.54. The van der Waals surface area contributed by atoms with Gasteiger partial charge in [0.1, 0.15) is 11.8 Å². The quantitative estimate of drug-likeness (QED) is 0.109. The van der Waals surface area contributed by atoms with Crippen molar-refractivity contribution in [2.75, 3.05) is 44.3 Å². The van der Waals surface area contributed by atoms with Crippen molar-refractivity contribution < 1.29 is 43.1 Å². The molecule has 1 fully saturated rings. The number of ketones is 1. The molecule has 1 aliphatic carbocycles. The molecule has 0 spiro atoms. The van der Waals surface area contributed by atoms with Crippen LogP contribution in [0.25, 0.3) is 0 Å². The first-order chi connectivity index (χ1) is 25.6. The number of thioether (sulfide) groups is 2. The number of nitrogens with zero attached hydrogens (tertiary/aromatic N) is 2. The van der Waals surface area contributed by atoms with E-state index in [1.54, 1.807) is 58.1 Å². The van der Waals surface area contributed by atoms with Crippen molar-refractivity contribution in [1.29, 1.82) is 0 Å². The number of amides is 7. The van der Waals surface area contributed by atoms with Gasteiger partial charge in [0.15, 0.2) is 0 Å². The highest BCUT2D eigenvalue weighted by atomic mass is 32.2. The summed E-state index contributed by atoms with van der Waals surface area (Å²) in [6, 6.07) is -1.48. The van der Waals surface area contributed by atoms with Crippen molar-refractivity contribution in [3.05, 3.63) is 24.3 Å². The molecule has 7 amide bonds. The minimum Gasteiger partial charge on any atom is -0.374 e. The Morgan fingerprint density at radius 3 is 1.60 bits per heavy atom. The maximum Gasteiger partial charge on any atom is 0.253 e. The lowest BCUT2D eigenvalue weighted by atomic mass is 9.92. The van der Waals surface area contributed by atoms with Crippen molar-refractivity contribution in [1.82, 2.24) is 31.1 Å². The molecule has 0 radical (unpaired) electrons. The van der Waals surface area contributed by atoms with E-state index in [1.165, 1.54) is 24.3 Å². The first-order valence-corrected chi connectivity index (χ1v) is 20.8. The number of hydrogen-bond acceptors (Lipinski definition) is 12. The van der Waals surface area contributed by atoms with E-state index in [1.807, 2.05) is 20.8 Å². The Morgan fingerprint density at radius 2 is 1.18 bits per heavy atom. The van der Waals surface area contributed by atoms with Gasteiger partial charge in [0.2, 0.25) is 17.7 Å². The van der Waals surface area contributed by atoms with E-state index in [9.17, 15) is 38.4 Å². The maximum absolute atomic E-state index is 13.6. The minimum atomic E-state index is -1.04. The molecule has 2 aliphatic heterocycles. The molecule has 17 heteroatoms. The molecule has 0 bridgehead atoms. The minimum absolute atomic E-state index is 0.00878. The highest BCUT2D eigenvalue weighted by Gasteiger charge is 2.38. The molecule has 4 N–H and O–H groups in total. The SMILES string of the molecule is CCC(=O)CC(C)(C)OCC(C)(C)C(=O)NC(CSC1CCC1SCC(NC(C)(C)C)C(=O)NCCN1C(=O)C=CC1=O)C(=O)NCCN1C(=O)C=CC1=O. The van der Waals surface area contributed by atoms with Crippen molar-refractivity contribution in [2.24, 2.45) is 5.41 Å². The average Bonchev–Trinajstić information content (AvgIpc) is 3.59. The average molecular weight is 807 g/mol. The molecular weight excluding hydrogens is 749 g/mol. The van der Waals surface area contributed by atoms with Crippen molar-refractivity contribution in [3.63, 3.8) is 0 Å². The van der Waals surface area contributed by atoms with Crippen molar-refractivity contribution in [2.45, 2.75) is 115 Å². The van der Waals surface area contributed by atoms with Gasteiger partial charge in [-0.05, 0) is 61.3 Å². The van der Waals surface area contributed by atoms with Gasteiger partial charge in [0.05, 0.1) is 23.7 Å². The molecule has 55 heavy (non-hydrogen) atoms. The van der Waals surface area contributed by atoms with E-state index in [0.29, 0.717) is 12.2 Å². The lowest BCUT2D eigenvalue weighted by Gasteiger charge is -2.38. The molecule has 0 aromatic carbocycles. The largest absolute Gasteiger partial charge is 0.374 e. The zero-order valence-corrected chi connectivity index (χ0v) is 34.9. The number of rotatable bonds is 23. The smallest absolute Gasteiger partial charge is 0.253 e. The first kappa shape index (κ1) is 45.8. The van der Waals surface area contributed by atoms with Gasteiger partial charge in [-0.1, -0.05) is 6.92 Å². The zero-order chi connectivity index (χ0) is 41.1. The number of imide groups is 2. The Labute approximate surface area is 332 Å². The molecular formula is C38H58N6O9S2. The summed E-state index contributed by atoms with van der Waals surface area (Å²) in [4.78, 5) is 102. The molecule has 4 atom stereocenters. The van der Waals surface area contributed by atoms with Crippen LogP contribution in [-0.4, -0.2) is 135 Å². The molecule has 1 saturated carbocycles. The number of carbonyl (C=O) groups is 8. The standard InChI is InChI=1S/C38H58N6O9S2/c1-9-24(45)20-38(7,8)53-23-37(5,6)35(52)41-25(33(50)39-16-18-43-29(46)12-13-30(43)47)21-54-27-10-11-28(27)55-22-26(42-36(2,3)4)34(51)40-17-19-44-31(48)14-15-32(44)49/h12-15,25-28,42H,9-11,16-23H2,1-8H3,(H,39,50)(H,40,51)(H,41,52). The second-order valence-electron chi connectivity index (χ2n) is 16.2. The fourth-order valence-corrected chi connectivity index (χ4v) is 8.85. The zero-order valence-electron chi connectivity index (χ0n) is 33.3. The molecule has 15 nitrogen and oxygen atoms in total. The van der Waals surface area contributed by atoms with E-state index >= 15 is 0 Å². The normalized spacial score (nSPS) is 19.8. The molecule has 4 unspecified atom stereocenters. The summed E-state index contributed by atoms with van der Waals surface area (Å²) >= 11 is 3.21. The van der Waals surface area contributed by atoms with Crippen molar-refractivity contribution in [3.8, 4) is 0 Å². The van der Waals surface area contributed by atoms with Crippen LogP contribution in [0.1, 0.15) is 81.1 Å². The summed E-state index contributed by atoms with van der Waals surface area (Å²) in [5.74, 6) is -2.05. The molecule has 3 aliphatic rings. The van der Waals surface area contributed by atoms with Crippen LogP contribution in [0.15, 0.2) is 24.3 Å². The van der Waals surface area contributed by atoms with E-state index in [2.05, 4.69) is 21.3 Å². The highest BCUT2D eigenvalue weighted by Crippen LogP contribution is 2.40. The number of carbonyl (C=O) groups excluding carboxylic acids is 8. The number of nitrogens with one attached hydrogen (secondary N) is 4. The summed E-state index contributed by atoms with van der Waals surface area (Å²) in [5, 5.41) is 12.2. The molecule has 0 aromatic heterocycles. The van der Waals surface area contributed by atoms with E-state index < -0.39 is 58.5 Å². The third-order valence-electron chi connectivity index (χ3n) is 9.18. The topological polar surface area (TPSA) is 200 Å². The first-order valence-electron chi connectivity index (χ1n) is 18.7. The molecule has 0 saturated heterocycles. The van der Waals surface area contributed by atoms with Gasteiger partial charge in [-0.3, -0.25) is 48.2 Å². The van der Waals surface area contributed by atoms with E-state index in [4.69, 9.17) is 4.74 Å². The summed E-state index contributed by atoms with van der Waals surface area (Å²) in [6.07, 6.45) is 7.15. The van der Waals surface area contributed by atoms with Crippen LogP contribution in [0.3, 0.4) is 0 Å². The fourth-order valence-electron chi connectivity index (χ4n) is 5.73. The van der Waals surface area contributed by atoms with Crippen LogP contribution >= 0.6 is 23.5 Å². The van der Waals surface area contributed by atoms with Gasteiger partial charge in [0, 0.05) is 90.9 Å². The summed E-state index contributed by atoms with van der Waals surface area (Å²) in [7, 11) is 0. The third-order valence-corrected chi connectivity index (χ3v) is 12.4. The van der Waals surface area contributed by atoms with Gasteiger partial charge in [-0.2, -0.15) is 23.5 Å². The Hall–Kier alpha value is -3.54.